The number of hydrogen-bond acceptors (Lipinski definition) is 6. The van der Waals surface area contributed by atoms with Crippen LogP contribution in [0.5, 0.6) is 0 Å². The topological polar surface area (TPSA) is 88.2 Å². The number of thioether (sulfide) groups is 1. The van der Waals surface area contributed by atoms with Crippen LogP contribution in [0.1, 0.15) is 36.6 Å². The number of thiazole rings is 1. The maximum Gasteiger partial charge on any atom is 0.256 e. The lowest BCUT2D eigenvalue weighted by atomic mass is 10.1. The van der Waals surface area contributed by atoms with Gasteiger partial charge < -0.3 is 10.6 Å². The Kier molecular flexibility index (Phi) is 8.36. The molecule has 2 amide bonds. The molecule has 0 fully saturated rings. The van der Waals surface area contributed by atoms with E-state index in [4.69, 9.17) is 11.6 Å². The third kappa shape index (κ3) is 6.72. The summed E-state index contributed by atoms with van der Waals surface area (Å²) in [5.74, 6) is -0.450. The van der Waals surface area contributed by atoms with Crippen molar-refractivity contribution in [1.82, 2.24) is 10.3 Å². The number of Topliss-reactive ketones (excluding diaryl/α,β-unsaturated/α-hetero) is 1. The average Bonchev–Trinajstić information content (AvgIpc) is 3.38. The van der Waals surface area contributed by atoms with Crippen LogP contribution < -0.4 is 10.6 Å². The first kappa shape index (κ1) is 26.6. The van der Waals surface area contributed by atoms with Crippen molar-refractivity contribution in [3.8, 4) is 0 Å². The number of nitrogens with one attached hydrogen (secondary N) is 2. The summed E-state index contributed by atoms with van der Waals surface area (Å²) in [5, 5.41) is 6.36. The molecule has 0 aliphatic carbocycles. The van der Waals surface area contributed by atoms with Gasteiger partial charge in [0.05, 0.1) is 27.1 Å². The minimum atomic E-state index is -0.382. The standard InChI is InChI=1S/C30H22ClN3O3S2/c31-21-12-10-20(11-13-21)26(35)18-38-30-34-25-15-14-22(16-27(25)39-30)33-29(37)24-9-5-4-8-23(24)28(36)32-17-19-6-2-1-3-7-19/h1-16H,17-18H2,(H,32,36)(H,33,37). The highest BCUT2D eigenvalue weighted by Crippen LogP contribution is 2.32. The van der Waals surface area contributed by atoms with Crippen LogP contribution in [-0.4, -0.2) is 28.3 Å². The molecule has 0 bridgehead atoms. The number of fused-ring (bicyclic) bond motifs is 1. The van der Waals surface area contributed by atoms with Gasteiger partial charge in [-0.1, -0.05) is 65.8 Å². The predicted octanol–water partition coefficient (Wildman–Crippen LogP) is 7.11. The molecular formula is C30H22ClN3O3S2. The fraction of sp³-hybridized carbons (Fsp3) is 0.0667. The highest BCUT2D eigenvalue weighted by Gasteiger charge is 2.17. The molecular weight excluding hydrogens is 550 g/mol. The number of hydrogen-bond donors (Lipinski definition) is 2. The van der Waals surface area contributed by atoms with Crippen molar-refractivity contribution in [2.45, 2.75) is 10.9 Å². The van der Waals surface area contributed by atoms with Crippen molar-refractivity contribution in [2.24, 2.45) is 0 Å². The number of anilines is 1. The molecule has 5 aromatic rings. The quantitative estimate of drug-likeness (QED) is 0.145. The Morgan fingerprint density at radius 3 is 2.26 bits per heavy atom. The van der Waals surface area contributed by atoms with E-state index >= 15 is 0 Å². The molecule has 6 nitrogen and oxygen atoms in total. The largest absolute Gasteiger partial charge is 0.348 e. The minimum absolute atomic E-state index is 0.00431. The van der Waals surface area contributed by atoms with Gasteiger partial charge in [0.1, 0.15) is 0 Å². The maximum absolute atomic E-state index is 13.1. The molecule has 0 aliphatic rings. The van der Waals surface area contributed by atoms with Gasteiger partial charge in [0.25, 0.3) is 11.8 Å². The molecule has 0 radical (unpaired) electrons. The summed E-state index contributed by atoms with van der Waals surface area (Å²) in [6.07, 6.45) is 0. The number of benzene rings is 4. The van der Waals surface area contributed by atoms with E-state index in [9.17, 15) is 14.4 Å². The van der Waals surface area contributed by atoms with Crippen molar-refractivity contribution < 1.29 is 14.4 Å². The maximum atomic E-state index is 13.1. The number of carbonyl (C=O) groups excluding carboxylic acids is 3. The van der Waals surface area contributed by atoms with Crippen molar-refractivity contribution in [3.63, 3.8) is 0 Å². The van der Waals surface area contributed by atoms with E-state index in [1.807, 2.05) is 42.5 Å². The molecule has 0 unspecified atom stereocenters. The second-order valence-electron chi connectivity index (χ2n) is 8.55. The molecule has 0 spiro atoms. The highest BCUT2D eigenvalue weighted by atomic mass is 35.5. The molecule has 0 atom stereocenters. The van der Waals surface area contributed by atoms with E-state index in [1.54, 1.807) is 54.6 Å². The monoisotopic (exact) mass is 571 g/mol. The smallest absolute Gasteiger partial charge is 0.256 e. The summed E-state index contributed by atoms with van der Waals surface area (Å²) < 4.78 is 1.64. The minimum Gasteiger partial charge on any atom is -0.348 e. The normalized spacial score (nSPS) is 10.8. The molecule has 1 aromatic heterocycles. The predicted molar refractivity (Wildman–Crippen MR) is 158 cm³/mol. The summed E-state index contributed by atoms with van der Waals surface area (Å²) in [5.41, 5.74) is 3.52. The molecule has 0 saturated heterocycles. The van der Waals surface area contributed by atoms with E-state index in [0.29, 0.717) is 28.4 Å². The Morgan fingerprint density at radius 1 is 0.821 bits per heavy atom. The van der Waals surface area contributed by atoms with Crippen molar-refractivity contribution in [2.75, 3.05) is 11.1 Å². The van der Waals surface area contributed by atoms with Crippen LogP contribution in [0.25, 0.3) is 10.2 Å². The zero-order valence-electron chi connectivity index (χ0n) is 20.5. The zero-order valence-corrected chi connectivity index (χ0v) is 22.9. The van der Waals surface area contributed by atoms with Crippen molar-refractivity contribution >= 4 is 68.2 Å². The zero-order chi connectivity index (χ0) is 27.2. The van der Waals surface area contributed by atoms with Gasteiger partial charge in [-0.25, -0.2) is 4.98 Å². The molecule has 2 N–H and O–H groups in total. The van der Waals surface area contributed by atoms with Crippen molar-refractivity contribution in [3.05, 3.63) is 124 Å². The number of halogens is 1. The van der Waals surface area contributed by atoms with Gasteiger partial charge in [-0.2, -0.15) is 0 Å². The Hall–Kier alpha value is -3.98. The third-order valence-corrected chi connectivity index (χ3v) is 8.24. The first-order valence-corrected chi connectivity index (χ1v) is 14.2. The van der Waals surface area contributed by atoms with Gasteiger partial charge in [0.15, 0.2) is 10.1 Å². The average molecular weight is 572 g/mol. The molecule has 9 heteroatoms. The molecule has 5 rings (SSSR count). The van der Waals surface area contributed by atoms with Crippen LogP contribution in [0.15, 0.2) is 101 Å². The Balaban J connectivity index is 1.24. The summed E-state index contributed by atoms with van der Waals surface area (Å²) in [6.45, 7) is 0.364. The van der Waals surface area contributed by atoms with Crippen LogP contribution in [0.4, 0.5) is 5.69 Å². The van der Waals surface area contributed by atoms with E-state index in [2.05, 4.69) is 15.6 Å². The molecule has 0 saturated carbocycles. The Bertz CT molecular complexity index is 1650. The van der Waals surface area contributed by atoms with Gasteiger partial charge in [-0.05, 0) is 60.2 Å². The van der Waals surface area contributed by atoms with Gasteiger partial charge in [0.2, 0.25) is 0 Å². The molecule has 4 aromatic carbocycles. The fourth-order valence-electron chi connectivity index (χ4n) is 3.84. The molecule has 0 aliphatic heterocycles. The summed E-state index contributed by atoms with van der Waals surface area (Å²) >= 11 is 8.72. The number of aromatic nitrogens is 1. The summed E-state index contributed by atoms with van der Waals surface area (Å²) in [4.78, 5) is 43.1. The van der Waals surface area contributed by atoms with Crippen LogP contribution in [0.2, 0.25) is 5.02 Å². The first-order valence-electron chi connectivity index (χ1n) is 12.0. The van der Waals surface area contributed by atoms with Gasteiger partial charge in [-0.3, -0.25) is 14.4 Å². The molecule has 39 heavy (non-hydrogen) atoms. The third-order valence-electron chi connectivity index (χ3n) is 5.83. The van der Waals surface area contributed by atoms with Crippen LogP contribution >= 0.6 is 34.7 Å². The number of nitrogens with zero attached hydrogens (tertiary/aromatic N) is 1. The summed E-state index contributed by atoms with van der Waals surface area (Å²) in [6, 6.07) is 28.6. The lowest BCUT2D eigenvalue weighted by Gasteiger charge is -2.11. The first-order chi connectivity index (χ1) is 19.0. The van der Waals surface area contributed by atoms with E-state index in [-0.39, 0.29) is 28.9 Å². The van der Waals surface area contributed by atoms with E-state index in [1.165, 1.54) is 23.1 Å². The second kappa shape index (κ2) is 12.3. The second-order valence-corrected chi connectivity index (χ2v) is 11.2. The number of carbonyl (C=O) groups is 3. The fourth-order valence-corrected chi connectivity index (χ4v) is 5.97. The number of rotatable bonds is 9. The van der Waals surface area contributed by atoms with Crippen molar-refractivity contribution in [1.29, 1.82) is 0 Å². The van der Waals surface area contributed by atoms with E-state index in [0.717, 1.165) is 20.1 Å². The Morgan fingerprint density at radius 2 is 1.51 bits per heavy atom. The Labute approximate surface area is 238 Å². The molecule has 194 valence electrons. The van der Waals surface area contributed by atoms with Gasteiger partial charge in [0, 0.05) is 22.8 Å². The lowest BCUT2D eigenvalue weighted by Crippen LogP contribution is -2.26. The number of ketones is 1. The van der Waals surface area contributed by atoms with E-state index < -0.39 is 0 Å². The summed E-state index contributed by atoms with van der Waals surface area (Å²) in [7, 11) is 0. The van der Waals surface area contributed by atoms with Gasteiger partial charge in [-0.15, -0.1) is 11.3 Å². The van der Waals surface area contributed by atoms with Crippen LogP contribution in [0, 0.1) is 0 Å². The SMILES string of the molecule is O=C(CSc1nc2ccc(NC(=O)c3ccccc3C(=O)NCc3ccccc3)cc2s1)c1ccc(Cl)cc1. The van der Waals surface area contributed by atoms with Crippen LogP contribution in [-0.2, 0) is 6.54 Å². The molecule has 1 heterocycles. The lowest BCUT2D eigenvalue weighted by molar-refractivity contribution is 0.0937. The van der Waals surface area contributed by atoms with Crippen LogP contribution in [0.3, 0.4) is 0 Å². The van der Waals surface area contributed by atoms with Gasteiger partial charge >= 0.3 is 0 Å². The highest BCUT2D eigenvalue weighted by molar-refractivity contribution is 8.01. The number of amides is 2.